The molecule has 2 aliphatic rings. The van der Waals surface area contributed by atoms with Gasteiger partial charge in [-0.2, -0.15) is 0 Å². The molecule has 0 bridgehead atoms. The summed E-state index contributed by atoms with van der Waals surface area (Å²) in [5.41, 5.74) is 2.30. The van der Waals surface area contributed by atoms with Gasteiger partial charge in [-0.25, -0.2) is 0 Å². The molecule has 0 aromatic heterocycles. The molecule has 17 heavy (non-hydrogen) atoms. The predicted octanol–water partition coefficient (Wildman–Crippen LogP) is 3.50. The fourth-order valence-electron chi connectivity index (χ4n) is 3.08. The fraction of sp³-hybridized carbons (Fsp3) is 0.571. The second-order valence-corrected chi connectivity index (χ2v) is 7.02. The molecule has 0 spiro atoms. The van der Waals surface area contributed by atoms with Crippen LogP contribution < -0.4 is 0 Å². The van der Waals surface area contributed by atoms with E-state index in [1.807, 2.05) is 17.8 Å². The molecule has 1 saturated heterocycles. The molecular weight excluding hydrogens is 232 g/mol. The highest BCUT2D eigenvalue weighted by molar-refractivity contribution is 8.00. The van der Waals surface area contributed by atoms with Gasteiger partial charge in [0.25, 0.3) is 0 Å². The van der Waals surface area contributed by atoms with Crippen molar-refractivity contribution in [2.75, 3.05) is 5.94 Å². The maximum atomic E-state index is 9.92. The Bertz CT molecular complexity index is 442. The van der Waals surface area contributed by atoms with Crippen LogP contribution in [0, 0.1) is 5.92 Å². The molecule has 2 atom stereocenters. The third-order valence-electron chi connectivity index (χ3n) is 4.14. The van der Waals surface area contributed by atoms with Crippen molar-refractivity contribution >= 4 is 11.8 Å². The van der Waals surface area contributed by atoms with Crippen molar-refractivity contribution in [1.82, 2.24) is 0 Å². The molecule has 1 aromatic rings. The number of hydrogen-bond acceptors (Lipinski definition) is 3. The minimum Gasteiger partial charge on any atom is -0.508 e. The number of aromatic hydroxyl groups is 1. The summed E-state index contributed by atoms with van der Waals surface area (Å²) in [6.45, 7) is 4.62. The average molecular weight is 250 g/mol. The summed E-state index contributed by atoms with van der Waals surface area (Å²) in [7, 11) is 0. The lowest BCUT2D eigenvalue weighted by Crippen LogP contribution is -2.41. The maximum Gasteiger partial charge on any atom is 0.119 e. The Kier molecular flexibility index (Phi) is 2.64. The van der Waals surface area contributed by atoms with Crippen molar-refractivity contribution in [2.45, 2.75) is 37.5 Å². The first kappa shape index (κ1) is 11.4. The molecular formula is C14H18O2S. The van der Waals surface area contributed by atoms with E-state index >= 15 is 0 Å². The monoisotopic (exact) mass is 250 g/mol. The number of hydrogen-bond donors (Lipinski definition) is 1. The van der Waals surface area contributed by atoms with Crippen molar-refractivity contribution in [1.29, 1.82) is 0 Å². The quantitative estimate of drug-likeness (QED) is 0.764. The highest BCUT2D eigenvalue weighted by Crippen LogP contribution is 2.52. The smallest absolute Gasteiger partial charge is 0.119 e. The van der Waals surface area contributed by atoms with Crippen molar-refractivity contribution in [3.8, 4) is 5.75 Å². The van der Waals surface area contributed by atoms with Crippen LogP contribution in [0.1, 0.15) is 37.5 Å². The molecule has 2 nitrogen and oxygen atoms in total. The van der Waals surface area contributed by atoms with Gasteiger partial charge in [-0.3, -0.25) is 0 Å². The second-order valence-electron chi connectivity index (χ2n) is 5.44. The summed E-state index contributed by atoms with van der Waals surface area (Å²) < 4.78 is 6.22. The van der Waals surface area contributed by atoms with Crippen LogP contribution in [0.2, 0.25) is 0 Å². The molecule has 0 saturated carbocycles. The molecule has 0 unspecified atom stereocenters. The highest BCUT2D eigenvalue weighted by Gasteiger charge is 2.44. The Labute approximate surface area is 106 Å². The summed E-state index contributed by atoms with van der Waals surface area (Å²) in [5, 5.41) is 9.92. The summed E-state index contributed by atoms with van der Waals surface area (Å²) in [6, 6.07) is 5.81. The molecule has 0 radical (unpaired) electrons. The van der Waals surface area contributed by atoms with Crippen LogP contribution in [-0.2, 0) is 11.2 Å². The third-order valence-corrected chi connectivity index (χ3v) is 5.44. The molecule has 1 aliphatic heterocycles. The molecule has 0 amide bonds. The number of ether oxygens (including phenoxy) is 1. The second kappa shape index (κ2) is 3.92. The standard InChI is InChI=1S/C14H18O2S/c1-14(2)11-7-6-9-10(4-3-5-12(9)15)13(11)16-8-17-14/h3-5,11,13,15H,6-8H2,1-2H3/t11-,13+/m0/s1. The van der Waals surface area contributed by atoms with Crippen molar-refractivity contribution in [2.24, 2.45) is 5.92 Å². The fourth-order valence-corrected chi connectivity index (χ4v) is 4.06. The van der Waals surface area contributed by atoms with E-state index in [0.29, 0.717) is 11.7 Å². The normalized spacial score (nSPS) is 30.5. The van der Waals surface area contributed by atoms with Crippen LogP contribution in [0.25, 0.3) is 0 Å². The number of fused-ring (bicyclic) bond motifs is 3. The van der Waals surface area contributed by atoms with Crippen LogP contribution in [0.15, 0.2) is 18.2 Å². The number of benzene rings is 1. The maximum absolute atomic E-state index is 9.92. The van der Waals surface area contributed by atoms with E-state index in [0.717, 1.165) is 24.3 Å². The Morgan fingerprint density at radius 2 is 2.24 bits per heavy atom. The molecule has 1 aromatic carbocycles. The Morgan fingerprint density at radius 1 is 1.41 bits per heavy atom. The van der Waals surface area contributed by atoms with Crippen molar-refractivity contribution in [3.05, 3.63) is 29.3 Å². The SMILES string of the molecule is CC1(C)SCO[C@@H]2c3cccc(O)c3CC[C@@H]21. The third kappa shape index (κ3) is 1.76. The largest absolute Gasteiger partial charge is 0.508 e. The van der Waals surface area contributed by atoms with Crippen molar-refractivity contribution < 1.29 is 9.84 Å². The molecule has 3 rings (SSSR count). The van der Waals surface area contributed by atoms with Gasteiger partial charge in [0.05, 0.1) is 12.0 Å². The lowest BCUT2D eigenvalue weighted by atomic mass is 9.75. The first-order valence-corrected chi connectivity index (χ1v) is 7.14. The Balaban J connectivity index is 2.04. The van der Waals surface area contributed by atoms with Gasteiger partial charge in [0.15, 0.2) is 0 Å². The van der Waals surface area contributed by atoms with Gasteiger partial charge in [0.1, 0.15) is 5.75 Å². The van der Waals surface area contributed by atoms with E-state index in [1.54, 1.807) is 6.07 Å². The predicted molar refractivity (Wildman–Crippen MR) is 70.3 cm³/mol. The van der Waals surface area contributed by atoms with E-state index in [2.05, 4.69) is 19.9 Å². The van der Waals surface area contributed by atoms with Crippen LogP contribution in [0.4, 0.5) is 0 Å². The lowest BCUT2D eigenvalue weighted by molar-refractivity contribution is 0.00534. The topological polar surface area (TPSA) is 29.5 Å². The van der Waals surface area contributed by atoms with Gasteiger partial charge < -0.3 is 9.84 Å². The zero-order valence-electron chi connectivity index (χ0n) is 10.3. The highest BCUT2D eigenvalue weighted by atomic mass is 32.2. The van der Waals surface area contributed by atoms with E-state index in [4.69, 9.17) is 4.74 Å². The number of thioether (sulfide) groups is 1. The first-order valence-electron chi connectivity index (χ1n) is 6.16. The number of phenols is 1. The van der Waals surface area contributed by atoms with Gasteiger partial charge >= 0.3 is 0 Å². The molecule has 1 fully saturated rings. The van der Waals surface area contributed by atoms with Crippen LogP contribution in [-0.4, -0.2) is 15.8 Å². The van der Waals surface area contributed by atoms with Gasteiger partial charge in [-0.1, -0.05) is 26.0 Å². The Hall–Kier alpha value is -0.670. The van der Waals surface area contributed by atoms with Crippen LogP contribution in [0.5, 0.6) is 5.75 Å². The van der Waals surface area contributed by atoms with Gasteiger partial charge in [0.2, 0.25) is 0 Å². The molecule has 92 valence electrons. The molecule has 1 N–H and O–H groups in total. The Morgan fingerprint density at radius 3 is 3.06 bits per heavy atom. The summed E-state index contributed by atoms with van der Waals surface area (Å²) in [4.78, 5) is 0. The summed E-state index contributed by atoms with van der Waals surface area (Å²) in [6.07, 6.45) is 2.24. The number of rotatable bonds is 0. The average Bonchev–Trinajstić information content (AvgIpc) is 2.29. The van der Waals surface area contributed by atoms with Gasteiger partial charge in [-0.05, 0) is 30.0 Å². The van der Waals surface area contributed by atoms with E-state index < -0.39 is 0 Å². The van der Waals surface area contributed by atoms with E-state index in [1.165, 1.54) is 5.56 Å². The minimum atomic E-state index is 0.169. The number of phenolic OH excluding ortho intramolecular Hbond substituents is 1. The first-order chi connectivity index (χ1) is 8.09. The van der Waals surface area contributed by atoms with E-state index in [9.17, 15) is 5.11 Å². The molecule has 1 aliphatic carbocycles. The van der Waals surface area contributed by atoms with Gasteiger partial charge in [-0.15, -0.1) is 11.8 Å². The summed E-state index contributed by atoms with van der Waals surface area (Å²) >= 11 is 1.90. The zero-order valence-corrected chi connectivity index (χ0v) is 11.1. The zero-order chi connectivity index (χ0) is 12.0. The summed E-state index contributed by atoms with van der Waals surface area (Å²) in [5.74, 6) is 1.74. The molecule has 3 heteroatoms. The van der Waals surface area contributed by atoms with Crippen molar-refractivity contribution in [3.63, 3.8) is 0 Å². The lowest BCUT2D eigenvalue weighted by Gasteiger charge is -2.46. The van der Waals surface area contributed by atoms with Crippen LogP contribution >= 0.6 is 11.8 Å². The minimum absolute atomic E-state index is 0.169. The van der Waals surface area contributed by atoms with E-state index in [-0.39, 0.29) is 10.9 Å². The van der Waals surface area contributed by atoms with Gasteiger partial charge in [0, 0.05) is 10.7 Å². The molecule has 1 heterocycles. The van der Waals surface area contributed by atoms with Crippen LogP contribution in [0.3, 0.4) is 0 Å².